The van der Waals surface area contributed by atoms with Crippen LogP contribution in [0, 0.1) is 0 Å². The Kier molecular flexibility index (Phi) is 5.15. The van der Waals surface area contributed by atoms with Crippen LogP contribution in [0.25, 0.3) is 93.8 Å². The third-order valence-electron chi connectivity index (χ3n) is 10.8. The molecule has 0 spiro atoms. The molecule has 230 valence electrons. The van der Waals surface area contributed by atoms with Gasteiger partial charge in [0.05, 0.1) is 16.7 Å². The second-order valence-corrected chi connectivity index (χ2v) is 13.7. The number of hydrogen-bond donors (Lipinski definition) is 0. The molecule has 1 aliphatic rings. The summed E-state index contributed by atoms with van der Waals surface area (Å²) >= 11 is 0. The van der Waals surface area contributed by atoms with Gasteiger partial charge in [0.1, 0.15) is 11.1 Å². The maximum Gasteiger partial charge on any atom is 0.235 e. The van der Waals surface area contributed by atoms with Crippen molar-refractivity contribution in [1.82, 2.24) is 14.5 Å². The molecule has 1 aliphatic carbocycles. The van der Waals surface area contributed by atoms with Gasteiger partial charge in [-0.25, -0.2) is 9.97 Å². The first-order chi connectivity index (χ1) is 24.1. The van der Waals surface area contributed by atoms with E-state index in [0.29, 0.717) is 5.95 Å². The summed E-state index contributed by atoms with van der Waals surface area (Å²) in [5.41, 5.74) is 11.8. The number of fused-ring (bicyclic) bond motifs is 14. The lowest BCUT2D eigenvalue weighted by atomic mass is 9.82. The number of rotatable bonds is 2. The molecule has 7 aromatic carbocycles. The molecule has 0 fully saturated rings. The van der Waals surface area contributed by atoms with Gasteiger partial charge in [0, 0.05) is 37.9 Å². The molecule has 0 saturated heterocycles. The van der Waals surface area contributed by atoms with Crippen LogP contribution in [0.15, 0.2) is 144 Å². The molecule has 0 N–H and O–H groups in total. The molecule has 0 amide bonds. The molecule has 3 heterocycles. The van der Waals surface area contributed by atoms with E-state index in [2.05, 4.69) is 152 Å². The highest BCUT2D eigenvalue weighted by atomic mass is 16.3. The number of nitrogens with zero attached hydrogens (tertiary/aromatic N) is 3. The summed E-state index contributed by atoms with van der Waals surface area (Å²) in [6, 6.07) is 49.6. The van der Waals surface area contributed by atoms with Gasteiger partial charge in [-0.2, -0.15) is 0 Å². The molecule has 0 radical (unpaired) electrons. The van der Waals surface area contributed by atoms with Crippen molar-refractivity contribution >= 4 is 65.4 Å². The molecular formula is C45H29N3O. The highest BCUT2D eigenvalue weighted by Gasteiger charge is 2.35. The first-order valence-corrected chi connectivity index (χ1v) is 16.8. The van der Waals surface area contributed by atoms with Gasteiger partial charge in [0.2, 0.25) is 5.95 Å². The molecule has 3 aromatic heterocycles. The average molecular weight is 628 g/mol. The lowest BCUT2D eigenvalue weighted by molar-refractivity contribution is 0.660. The van der Waals surface area contributed by atoms with E-state index in [9.17, 15) is 0 Å². The Morgan fingerprint density at radius 1 is 0.551 bits per heavy atom. The SMILES string of the molecule is CC1(C)c2ccccc2-c2ccc(-c3nc(-n4c5ccccc5c5c6ccccc6c6c7ccccc7oc6c54)nc4ccccc34)cc21. The first kappa shape index (κ1) is 26.8. The predicted octanol–water partition coefficient (Wildman–Crippen LogP) is 11.8. The summed E-state index contributed by atoms with van der Waals surface area (Å²) in [6.07, 6.45) is 0. The second kappa shape index (κ2) is 9.42. The summed E-state index contributed by atoms with van der Waals surface area (Å²) in [5, 5.41) is 7.91. The van der Waals surface area contributed by atoms with Crippen molar-refractivity contribution in [3.8, 4) is 28.3 Å². The summed E-state index contributed by atoms with van der Waals surface area (Å²) in [4.78, 5) is 10.8. The normalized spacial score (nSPS) is 13.7. The second-order valence-electron chi connectivity index (χ2n) is 13.7. The Morgan fingerprint density at radius 2 is 1.20 bits per heavy atom. The minimum Gasteiger partial charge on any atom is -0.454 e. The van der Waals surface area contributed by atoms with E-state index in [1.807, 2.05) is 6.07 Å². The van der Waals surface area contributed by atoms with Crippen LogP contribution in [-0.2, 0) is 5.41 Å². The monoisotopic (exact) mass is 627 g/mol. The van der Waals surface area contributed by atoms with Crippen molar-refractivity contribution < 1.29 is 4.42 Å². The lowest BCUT2D eigenvalue weighted by Crippen LogP contribution is -2.15. The van der Waals surface area contributed by atoms with Gasteiger partial charge < -0.3 is 4.42 Å². The number of para-hydroxylation sites is 3. The Hall–Kier alpha value is -6.26. The summed E-state index contributed by atoms with van der Waals surface area (Å²) in [6.45, 7) is 4.65. The van der Waals surface area contributed by atoms with Crippen LogP contribution in [0.1, 0.15) is 25.0 Å². The zero-order chi connectivity index (χ0) is 32.4. The van der Waals surface area contributed by atoms with Gasteiger partial charge >= 0.3 is 0 Å². The highest BCUT2D eigenvalue weighted by Crippen LogP contribution is 2.50. The van der Waals surface area contributed by atoms with Gasteiger partial charge in [-0.1, -0.05) is 129 Å². The van der Waals surface area contributed by atoms with E-state index in [-0.39, 0.29) is 5.41 Å². The third kappa shape index (κ3) is 3.47. The number of furan rings is 1. The highest BCUT2D eigenvalue weighted by molar-refractivity contribution is 6.35. The van der Waals surface area contributed by atoms with Crippen molar-refractivity contribution in [3.63, 3.8) is 0 Å². The summed E-state index contributed by atoms with van der Waals surface area (Å²) in [5.74, 6) is 0.625. The standard InChI is InChI=1S/C45H29N3O/c1-45(2)34-19-9-5-13-27(34)28-24-23-26(25-35(28)45)41-31-16-6-10-20-36(31)46-44(47-41)48-37-21-11-7-17-32(37)39-29-14-3-4-15-30(29)40-33-18-8-12-22-38(33)49-43(40)42(39)48/h3-25H,1-2H3. The van der Waals surface area contributed by atoms with Crippen LogP contribution < -0.4 is 0 Å². The van der Waals surface area contributed by atoms with Gasteiger partial charge in [-0.3, -0.25) is 4.57 Å². The quantitative estimate of drug-likeness (QED) is 0.192. The van der Waals surface area contributed by atoms with Gasteiger partial charge in [-0.05, 0) is 57.3 Å². The molecule has 0 atom stereocenters. The van der Waals surface area contributed by atoms with Crippen molar-refractivity contribution in [2.45, 2.75) is 19.3 Å². The Bertz CT molecular complexity index is 3030. The van der Waals surface area contributed by atoms with Gasteiger partial charge in [0.25, 0.3) is 0 Å². The largest absolute Gasteiger partial charge is 0.454 e. The fraction of sp³-hybridized carbons (Fsp3) is 0.0667. The Balaban J connectivity index is 1.27. The number of hydrogen-bond acceptors (Lipinski definition) is 3. The van der Waals surface area contributed by atoms with Crippen molar-refractivity contribution in [2.24, 2.45) is 0 Å². The summed E-state index contributed by atoms with van der Waals surface area (Å²) < 4.78 is 9.02. The molecule has 49 heavy (non-hydrogen) atoms. The molecule has 0 aliphatic heterocycles. The molecule has 4 nitrogen and oxygen atoms in total. The fourth-order valence-electron chi connectivity index (χ4n) is 8.57. The molecule has 11 rings (SSSR count). The average Bonchev–Trinajstić information content (AvgIpc) is 3.78. The molecular weight excluding hydrogens is 599 g/mol. The van der Waals surface area contributed by atoms with Crippen LogP contribution >= 0.6 is 0 Å². The maximum absolute atomic E-state index is 6.80. The van der Waals surface area contributed by atoms with E-state index in [1.165, 1.54) is 33.0 Å². The van der Waals surface area contributed by atoms with Crippen molar-refractivity contribution in [1.29, 1.82) is 0 Å². The Morgan fingerprint density at radius 3 is 2.06 bits per heavy atom. The van der Waals surface area contributed by atoms with E-state index in [0.717, 1.165) is 65.9 Å². The zero-order valence-electron chi connectivity index (χ0n) is 27.0. The molecule has 0 saturated carbocycles. The maximum atomic E-state index is 6.80. The third-order valence-corrected chi connectivity index (χ3v) is 10.8. The van der Waals surface area contributed by atoms with E-state index >= 15 is 0 Å². The number of aromatic nitrogens is 3. The van der Waals surface area contributed by atoms with Crippen LogP contribution in [0.4, 0.5) is 0 Å². The Labute approximate surface area is 281 Å². The van der Waals surface area contributed by atoms with Crippen molar-refractivity contribution in [3.05, 3.63) is 151 Å². The van der Waals surface area contributed by atoms with Crippen LogP contribution in [-0.4, -0.2) is 14.5 Å². The molecule has 4 heteroatoms. The van der Waals surface area contributed by atoms with Crippen LogP contribution in [0.2, 0.25) is 0 Å². The fourth-order valence-corrected chi connectivity index (χ4v) is 8.57. The first-order valence-electron chi connectivity index (χ1n) is 16.8. The van der Waals surface area contributed by atoms with E-state index in [1.54, 1.807) is 0 Å². The lowest BCUT2D eigenvalue weighted by Gasteiger charge is -2.22. The van der Waals surface area contributed by atoms with E-state index < -0.39 is 0 Å². The van der Waals surface area contributed by atoms with Crippen LogP contribution in [0.5, 0.6) is 0 Å². The van der Waals surface area contributed by atoms with Crippen LogP contribution in [0.3, 0.4) is 0 Å². The predicted molar refractivity (Wildman–Crippen MR) is 202 cm³/mol. The zero-order valence-corrected chi connectivity index (χ0v) is 27.0. The number of benzene rings is 7. The van der Waals surface area contributed by atoms with E-state index in [4.69, 9.17) is 14.4 Å². The van der Waals surface area contributed by atoms with Crippen molar-refractivity contribution in [2.75, 3.05) is 0 Å². The van der Waals surface area contributed by atoms with Gasteiger partial charge in [-0.15, -0.1) is 0 Å². The minimum atomic E-state index is -0.117. The molecule has 0 unspecified atom stereocenters. The molecule has 10 aromatic rings. The molecule has 0 bridgehead atoms. The topological polar surface area (TPSA) is 43.9 Å². The summed E-state index contributed by atoms with van der Waals surface area (Å²) in [7, 11) is 0. The smallest absolute Gasteiger partial charge is 0.235 e. The van der Waals surface area contributed by atoms with Gasteiger partial charge in [0.15, 0.2) is 5.58 Å². The minimum absolute atomic E-state index is 0.117.